The number of methoxy groups -OCH3 is 1. The molecule has 3 aromatic rings. The fourth-order valence-electron chi connectivity index (χ4n) is 4.85. The summed E-state index contributed by atoms with van der Waals surface area (Å²) in [7, 11) is 1.39. The normalized spacial score (nSPS) is 14.2. The van der Waals surface area contributed by atoms with Crippen molar-refractivity contribution in [3.8, 4) is 6.01 Å². The van der Waals surface area contributed by atoms with E-state index in [1.807, 2.05) is 18.2 Å². The summed E-state index contributed by atoms with van der Waals surface area (Å²) in [5.74, 6) is -0.152. The van der Waals surface area contributed by atoms with Crippen LogP contribution in [0.25, 0.3) is 11.2 Å². The largest absolute Gasteiger partial charge is 0.465 e. The standard InChI is InChI=1S/C28H41N7O5/c1-3-4-16-40-27-31-24(29)23-25(32-27)35(28(37)30-23)13-7-12-34(11-6-10-33-14-17-39-18-15-33)20-21-8-5-9-22(19-21)26(36)38-2/h5,8-9,19H,3-4,6-7,10-18,20H2,1-2H3,(H,30,37)(H2,29,31,32). The molecule has 0 radical (unpaired) electrons. The molecule has 0 bridgehead atoms. The van der Waals surface area contributed by atoms with E-state index < -0.39 is 0 Å². The third-order valence-electron chi connectivity index (χ3n) is 7.02. The number of ether oxygens (including phenoxy) is 3. The van der Waals surface area contributed by atoms with Crippen LogP contribution in [0, 0.1) is 0 Å². The van der Waals surface area contributed by atoms with Crippen LogP contribution in [0.15, 0.2) is 29.1 Å². The van der Waals surface area contributed by atoms with E-state index in [1.54, 1.807) is 10.6 Å². The summed E-state index contributed by atoms with van der Waals surface area (Å²) >= 11 is 0. The van der Waals surface area contributed by atoms with E-state index in [2.05, 4.69) is 31.7 Å². The summed E-state index contributed by atoms with van der Waals surface area (Å²) < 4.78 is 17.6. The first-order chi connectivity index (χ1) is 19.5. The van der Waals surface area contributed by atoms with Crippen LogP contribution >= 0.6 is 0 Å². The number of carbonyl (C=O) groups is 1. The number of hydrogen-bond donors (Lipinski definition) is 2. The highest BCUT2D eigenvalue weighted by molar-refractivity contribution is 5.89. The Hall–Kier alpha value is -3.48. The molecular formula is C28H41N7O5. The van der Waals surface area contributed by atoms with Crippen LogP contribution in [0.2, 0.25) is 0 Å². The second-order valence-corrected chi connectivity index (χ2v) is 10.0. The summed E-state index contributed by atoms with van der Waals surface area (Å²) in [6.45, 7) is 9.83. The second kappa shape index (κ2) is 14.8. The van der Waals surface area contributed by atoms with Crippen LogP contribution in [0.4, 0.5) is 5.82 Å². The van der Waals surface area contributed by atoms with E-state index in [9.17, 15) is 9.59 Å². The summed E-state index contributed by atoms with van der Waals surface area (Å²) in [5.41, 5.74) is 8.28. The lowest BCUT2D eigenvalue weighted by Gasteiger charge is -2.28. The molecule has 12 nitrogen and oxygen atoms in total. The number of fused-ring (bicyclic) bond motifs is 1. The van der Waals surface area contributed by atoms with Gasteiger partial charge in [0.15, 0.2) is 11.5 Å². The number of nitrogens with zero attached hydrogens (tertiary/aromatic N) is 5. The van der Waals surface area contributed by atoms with Gasteiger partial charge in [0.1, 0.15) is 5.52 Å². The molecule has 3 N–H and O–H groups in total. The van der Waals surface area contributed by atoms with Gasteiger partial charge in [-0.2, -0.15) is 9.97 Å². The number of esters is 1. The number of unbranched alkanes of at least 4 members (excludes halogenated alkanes) is 1. The van der Waals surface area contributed by atoms with Crippen molar-refractivity contribution in [2.24, 2.45) is 0 Å². The molecule has 1 aromatic carbocycles. The Labute approximate surface area is 234 Å². The van der Waals surface area contributed by atoms with Gasteiger partial charge in [0.05, 0.1) is 32.5 Å². The minimum atomic E-state index is -0.348. The number of carbonyl (C=O) groups excluding carboxylic acids is 1. The number of anilines is 1. The monoisotopic (exact) mass is 555 g/mol. The summed E-state index contributed by atoms with van der Waals surface area (Å²) in [4.78, 5) is 41.1. The molecule has 12 heteroatoms. The number of aromatic amines is 1. The third-order valence-corrected chi connectivity index (χ3v) is 7.02. The highest BCUT2D eigenvalue weighted by atomic mass is 16.5. The molecule has 0 unspecified atom stereocenters. The molecule has 1 fully saturated rings. The molecule has 0 spiro atoms. The van der Waals surface area contributed by atoms with E-state index in [-0.39, 0.29) is 23.5 Å². The number of nitrogens with two attached hydrogens (primary N) is 1. The number of benzene rings is 1. The number of aryl methyl sites for hydroxylation is 1. The van der Waals surface area contributed by atoms with Crippen LogP contribution in [-0.2, 0) is 22.6 Å². The smallest absolute Gasteiger partial charge is 0.337 e. The molecular weight excluding hydrogens is 514 g/mol. The maximum atomic E-state index is 12.8. The van der Waals surface area contributed by atoms with Crippen molar-refractivity contribution in [2.75, 3.05) is 65.4 Å². The average Bonchev–Trinajstić information content (AvgIpc) is 3.28. The van der Waals surface area contributed by atoms with Gasteiger partial charge in [0.25, 0.3) is 0 Å². The van der Waals surface area contributed by atoms with Crippen LogP contribution in [0.1, 0.15) is 48.5 Å². The molecule has 1 saturated heterocycles. The first-order valence-corrected chi connectivity index (χ1v) is 14.1. The molecule has 0 aliphatic carbocycles. The highest BCUT2D eigenvalue weighted by Crippen LogP contribution is 2.18. The molecule has 2 aromatic heterocycles. The first-order valence-electron chi connectivity index (χ1n) is 14.1. The van der Waals surface area contributed by atoms with Gasteiger partial charge in [0, 0.05) is 32.7 Å². The fraction of sp³-hybridized carbons (Fsp3) is 0.571. The van der Waals surface area contributed by atoms with Gasteiger partial charge in [-0.3, -0.25) is 14.4 Å². The number of hydrogen-bond acceptors (Lipinski definition) is 10. The number of nitrogens with one attached hydrogen (secondary N) is 1. The van der Waals surface area contributed by atoms with Crippen LogP contribution in [0.5, 0.6) is 6.01 Å². The zero-order valence-corrected chi connectivity index (χ0v) is 23.6. The average molecular weight is 556 g/mol. The maximum Gasteiger partial charge on any atom is 0.337 e. The van der Waals surface area contributed by atoms with Gasteiger partial charge in [-0.05, 0) is 50.0 Å². The predicted octanol–water partition coefficient (Wildman–Crippen LogP) is 2.28. The van der Waals surface area contributed by atoms with Crippen molar-refractivity contribution in [1.29, 1.82) is 0 Å². The zero-order chi connectivity index (χ0) is 28.3. The van der Waals surface area contributed by atoms with E-state index in [0.717, 1.165) is 77.2 Å². The van der Waals surface area contributed by atoms with Gasteiger partial charge in [-0.15, -0.1) is 0 Å². The van der Waals surface area contributed by atoms with Gasteiger partial charge in [-0.25, -0.2) is 9.59 Å². The van der Waals surface area contributed by atoms with Gasteiger partial charge in [-0.1, -0.05) is 25.5 Å². The van der Waals surface area contributed by atoms with Crippen molar-refractivity contribution in [3.63, 3.8) is 0 Å². The Morgan fingerprint density at radius 2 is 1.93 bits per heavy atom. The van der Waals surface area contributed by atoms with Crippen LogP contribution < -0.4 is 16.2 Å². The topological polar surface area (TPSA) is 141 Å². The first kappa shape index (κ1) is 29.5. The molecule has 1 aliphatic rings. The maximum absolute atomic E-state index is 12.8. The van der Waals surface area contributed by atoms with Crippen molar-refractivity contribution in [1.82, 2.24) is 29.3 Å². The summed E-state index contributed by atoms with van der Waals surface area (Å²) in [5, 5.41) is 0. The van der Waals surface area contributed by atoms with Crippen molar-refractivity contribution in [2.45, 2.75) is 45.7 Å². The minimum absolute atomic E-state index is 0.182. The Bertz CT molecular complexity index is 1300. The molecule has 40 heavy (non-hydrogen) atoms. The molecule has 3 heterocycles. The predicted molar refractivity (Wildman–Crippen MR) is 153 cm³/mol. The molecule has 218 valence electrons. The SMILES string of the molecule is CCCCOc1nc(N)c2[nH]c(=O)n(CCCN(CCCN3CCOCC3)Cc3cccc(C(=O)OC)c3)c2n1. The van der Waals surface area contributed by atoms with E-state index in [0.29, 0.717) is 36.4 Å². The van der Waals surface area contributed by atoms with Crippen molar-refractivity contribution >= 4 is 23.0 Å². The zero-order valence-electron chi connectivity index (χ0n) is 23.6. The number of imidazole rings is 1. The molecule has 0 amide bonds. The lowest BCUT2D eigenvalue weighted by molar-refractivity contribution is 0.0359. The number of nitrogen functional groups attached to an aromatic ring is 1. The molecule has 0 saturated carbocycles. The highest BCUT2D eigenvalue weighted by Gasteiger charge is 2.16. The molecule has 0 atom stereocenters. The Morgan fingerprint density at radius 1 is 1.15 bits per heavy atom. The Balaban J connectivity index is 1.43. The van der Waals surface area contributed by atoms with Crippen LogP contribution in [-0.4, -0.2) is 94.9 Å². The Kier molecular flexibility index (Phi) is 10.9. The van der Waals surface area contributed by atoms with Crippen LogP contribution in [0.3, 0.4) is 0 Å². The minimum Gasteiger partial charge on any atom is -0.465 e. The van der Waals surface area contributed by atoms with Crippen molar-refractivity contribution < 1.29 is 19.0 Å². The van der Waals surface area contributed by atoms with E-state index in [1.165, 1.54) is 7.11 Å². The lowest BCUT2D eigenvalue weighted by Crippen LogP contribution is -2.38. The van der Waals surface area contributed by atoms with E-state index in [4.69, 9.17) is 19.9 Å². The summed E-state index contributed by atoms with van der Waals surface area (Å²) in [6.07, 6.45) is 3.59. The number of aromatic nitrogens is 4. The molecule has 4 rings (SSSR count). The third kappa shape index (κ3) is 8.03. The lowest BCUT2D eigenvalue weighted by atomic mass is 10.1. The molecule has 1 aliphatic heterocycles. The van der Waals surface area contributed by atoms with Gasteiger partial charge < -0.3 is 24.9 Å². The fourth-order valence-corrected chi connectivity index (χ4v) is 4.85. The Morgan fingerprint density at radius 3 is 2.67 bits per heavy atom. The van der Waals surface area contributed by atoms with E-state index >= 15 is 0 Å². The number of H-pyrrole nitrogens is 1. The summed E-state index contributed by atoms with van der Waals surface area (Å²) in [6, 6.07) is 7.72. The van der Waals surface area contributed by atoms with Crippen molar-refractivity contribution in [3.05, 3.63) is 45.9 Å². The van der Waals surface area contributed by atoms with Gasteiger partial charge in [0.2, 0.25) is 0 Å². The number of morpholine rings is 1. The van der Waals surface area contributed by atoms with Gasteiger partial charge >= 0.3 is 17.7 Å². The number of rotatable bonds is 15. The second-order valence-electron chi connectivity index (χ2n) is 10.0. The quantitative estimate of drug-likeness (QED) is 0.212.